The lowest BCUT2D eigenvalue weighted by Crippen LogP contribution is -2.29. The second-order valence-corrected chi connectivity index (χ2v) is 4.52. The van der Waals surface area contributed by atoms with Gasteiger partial charge in [0.05, 0.1) is 28.8 Å². The van der Waals surface area contributed by atoms with Crippen molar-refractivity contribution in [2.75, 3.05) is 32.2 Å². The minimum absolute atomic E-state index is 0.554. The maximum Gasteiger partial charge on any atom is 0.154 e. The predicted molar refractivity (Wildman–Crippen MR) is 64.5 cm³/mol. The van der Waals surface area contributed by atoms with Crippen molar-refractivity contribution in [1.82, 2.24) is 0 Å². The van der Waals surface area contributed by atoms with Crippen molar-refractivity contribution in [3.63, 3.8) is 0 Å². The highest BCUT2D eigenvalue weighted by Gasteiger charge is 2.23. The van der Waals surface area contributed by atoms with Crippen LogP contribution in [0.25, 0.3) is 0 Å². The number of ether oxygens (including phenoxy) is 2. The van der Waals surface area contributed by atoms with Crippen LogP contribution in [0.4, 0.5) is 5.69 Å². The van der Waals surface area contributed by atoms with E-state index in [0.29, 0.717) is 17.4 Å². The second-order valence-electron chi connectivity index (χ2n) is 3.32. The van der Waals surface area contributed by atoms with E-state index in [9.17, 15) is 0 Å². The molecule has 0 saturated carbocycles. The molecule has 0 aromatic heterocycles. The van der Waals surface area contributed by atoms with E-state index in [1.54, 1.807) is 13.2 Å². The minimum atomic E-state index is 0.554. The van der Waals surface area contributed by atoms with Crippen molar-refractivity contribution < 1.29 is 9.47 Å². The fraction of sp³-hybridized carbons (Fsp3) is 0.400. The van der Waals surface area contributed by atoms with Crippen LogP contribution < -0.4 is 14.4 Å². The van der Waals surface area contributed by atoms with Gasteiger partial charge in [0.1, 0.15) is 12.4 Å². The van der Waals surface area contributed by atoms with Gasteiger partial charge in [0.15, 0.2) is 5.75 Å². The molecule has 3 nitrogen and oxygen atoms in total. The highest BCUT2D eigenvalue weighted by Crippen LogP contribution is 2.47. The van der Waals surface area contributed by atoms with Crippen LogP contribution in [-0.4, -0.2) is 27.3 Å². The number of rotatable bonds is 1. The van der Waals surface area contributed by atoms with Gasteiger partial charge in [-0.15, -0.1) is 0 Å². The third kappa shape index (κ3) is 1.76. The molecule has 0 radical (unpaired) electrons. The van der Waals surface area contributed by atoms with E-state index in [-0.39, 0.29) is 0 Å². The van der Waals surface area contributed by atoms with Gasteiger partial charge in [-0.05, 0) is 15.9 Å². The standard InChI is InChI=1S/C10H11BrClNO2/c1-13-3-4-15-7-5-6(12)10(14-2)8(11)9(7)13/h5H,3-4H2,1-2H3. The van der Waals surface area contributed by atoms with E-state index in [4.69, 9.17) is 21.1 Å². The summed E-state index contributed by atoms with van der Waals surface area (Å²) in [6, 6.07) is 1.79. The molecular formula is C10H11BrClNO2. The van der Waals surface area contributed by atoms with Gasteiger partial charge in [-0.25, -0.2) is 0 Å². The van der Waals surface area contributed by atoms with Gasteiger partial charge in [0, 0.05) is 13.1 Å². The lowest BCUT2D eigenvalue weighted by Gasteiger charge is -2.29. The summed E-state index contributed by atoms with van der Waals surface area (Å²) >= 11 is 9.55. The fourth-order valence-electron chi connectivity index (χ4n) is 1.63. The van der Waals surface area contributed by atoms with Crippen LogP contribution in [0, 0.1) is 0 Å². The van der Waals surface area contributed by atoms with Crippen LogP contribution in [0.3, 0.4) is 0 Å². The maximum atomic E-state index is 6.06. The first-order valence-corrected chi connectivity index (χ1v) is 5.72. The molecule has 5 heteroatoms. The Balaban J connectivity index is 2.62. The number of hydrogen-bond donors (Lipinski definition) is 0. The third-order valence-corrected chi connectivity index (χ3v) is 3.40. The molecule has 0 fully saturated rings. The molecule has 1 heterocycles. The lowest BCUT2D eigenvalue weighted by molar-refractivity contribution is 0.309. The summed E-state index contributed by atoms with van der Waals surface area (Å²) in [5.41, 5.74) is 0.988. The van der Waals surface area contributed by atoms with E-state index in [0.717, 1.165) is 22.5 Å². The van der Waals surface area contributed by atoms with Gasteiger partial charge in [-0.1, -0.05) is 11.6 Å². The molecule has 2 rings (SSSR count). The number of fused-ring (bicyclic) bond motifs is 1. The molecule has 0 spiro atoms. The number of halogens is 2. The third-order valence-electron chi connectivity index (χ3n) is 2.39. The van der Waals surface area contributed by atoms with E-state index < -0.39 is 0 Å². The largest absolute Gasteiger partial charge is 0.494 e. The summed E-state index contributed by atoms with van der Waals surface area (Å²) in [5, 5.41) is 0.554. The van der Waals surface area contributed by atoms with Crippen molar-refractivity contribution in [2.24, 2.45) is 0 Å². The van der Waals surface area contributed by atoms with Gasteiger partial charge in [-0.2, -0.15) is 0 Å². The SMILES string of the molecule is COc1c(Cl)cc2c(c1Br)N(C)CCO2. The first-order valence-electron chi connectivity index (χ1n) is 4.55. The summed E-state index contributed by atoms with van der Waals surface area (Å²) in [6.45, 7) is 1.54. The first-order chi connectivity index (χ1) is 7.15. The van der Waals surface area contributed by atoms with Crippen molar-refractivity contribution in [3.8, 4) is 11.5 Å². The van der Waals surface area contributed by atoms with E-state index in [1.807, 2.05) is 7.05 Å². The predicted octanol–water partition coefficient (Wildman–Crippen LogP) is 2.94. The Morgan fingerprint density at radius 1 is 1.60 bits per heavy atom. The Morgan fingerprint density at radius 2 is 2.33 bits per heavy atom. The van der Waals surface area contributed by atoms with Crippen LogP contribution >= 0.6 is 27.5 Å². The molecule has 0 amide bonds. The Bertz CT molecular complexity index is 397. The number of hydrogen-bond acceptors (Lipinski definition) is 3. The molecule has 1 aliphatic heterocycles. The summed E-state index contributed by atoms with van der Waals surface area (Å²) in [5.74, 6) is 1.44. The molecular weight excluding hydrogens is 281 g/mol. The number of benzene rings is 1. The maximum absolute atomic E-state index is 6.06. The summed E-state index contributed by atoms with van der Waals surface area (Å²) < 4.78 is 11.6. The van der Waals surface area contributed by atoms with Crippen molar-refractivity contribution in [2.45, 2.75) is 0 Å². The summed E-state index contributed by atoms with van der Waals surface area (Å²) in [6.07, 6.45) is 0. The van der Waals surface area contributed by atoms with Crippen LogP contribution in [0.2, 0.25) is 5.02 Å². The van der Waals surface area contributed by atoms with E-state index in [1.165, 1.54) is 0 Å². The second kappa shape index (κ2) is 4.10. The van der Waals surface area contributed by atoms with Crippen molar-refractivity contribution in [3.05, 3.63) is 15.6 Å². The summed E-state index contributed by atoms with van der Waals surface area (Å²) in [7, 11) is 3.61. The molecule has 0 saturated heterocycles. The monoisotopic (exact) mass is 291 g/mol. The first kappa shape index (κ1) is 10.9. The number of methoxy groups -OCH3 is 1. The molecule has 82 valence electrons. The molecule has 1 aromatic rings. The average Bonchev–Trinajstić information content (AvgIpc) is 2.17. The minimum Gasteiger partial charge on any atom is -0.494 e. The van der Waals surface area contributed by atoms with E-state index >= 15 is 0 Å². The molecule has 0 unspecified atom stereocenters. The van der Waals surface area contributed by atoms with Gasteiger partial charge in [0.25, 0.3) is 0 Å². The Hall–Kier alpha value is -0.610. The number of anilines is 1. The zero-order valence-electron chi connectivity index (χ0n) is 8.51. The van der Waals surface area contributed by atoms with Crippen LogP contribution in [-0.2, 0) is 0 Å². The van der Waals surface area contributed by atoms with Gasteiger partial charge < -0.3 is 14.4 Å². The smallest absolute Gasteiger partial charge is 0.154 e. The Kier molecular flexibility index (Phi) is 2.98. The van der Waals surface area contributed by atoms with Crippen LogP contribution in [0.15, 0.2) is 10.5 Å². The van der Waals surface area contributed by atoms with Gasteiger partial charge >= 0.3 is 0 Å². The topological polar surface area (TPSA) is 21.7 Å². The lowest BCUT2D eigenvalue weighted by atomic mass is 10.2. The van der Waals surface area contributed by atoms with Gasteiger partial charge in [-0.3, -0.25) is 0 Å². The Labute approximate surface area is 102 Å². The molecule has 15 heavy (non-hydrogen) atoms. The van der Waals surface area contributed by atoms with Crippen LogP contribution in [0.5, 0.6) is 11.5 Å². The number of nitrogens with zero attached hydrogens (tertiary/aromatic N) is 1. The number of likely N-dealkylation sites (N-methyl/N-ethyl adjacent to an activating group) is 1. The molecule has 0 atom stereocenters. The zero-order chi connectivity index (χ0) is 11.0. The summed E-state index contributed by atoms with van der Waals surface area (Å²) in [4.78, 5) is 2.11. The van der Waals surface area contributed by atoms with Crippen molar-refractivity contribution >= 4 is 33.2 Å². The Morgan fingerprint density at radius 3 is 3.00 bits per heavy atom. The molecule has 1 aliphatic rings. The highest BCUT2D eigenvalue weighted by molar-refractivity contribution is 9.10. The molecule has 0 aliphatic carbocycles. The van der Waals surface area contributed by atoms with E-state index in [2.05, 4.69) is 20.8 Å². The van der Waals surface area contributed by atoms with Crippen molar-refractivity contribution in [1.29, 1.82) is 0 Å². The fourth-order valence-corrected chi connectivity index (χ4v) is 2.89. The van der Waals surface area contributed by atoms with Gasteiger partial charge in [0.2, 0.25) is 0 Å². The quantitative estimate of drug-likeness (QED) is 0.794. The van der Waals surface area contributed by atoms with Crippen LogP contribution in [0.1, 0.15) is 0 Å². The normalized spacial score (nSPS) is 14.5. The molecule has 0 bridgehead atoms. The zero-order valence-corrected chi connectivity index (χ0v) is 10.9. The highest BCUT2D eigenvalue weighted by atomic mass is 79.9. The molecule has 0 N–H and O–H groups in total. The molecule has 1 aromatic carbocycles. The average molecular weight is 293 g/mol.